The van der Waals surface area contributed by atoms with Crippen LogP contribution in [-0.4, -0.2) is 28.6 Å². The van der Waals surface area contributed by atoms with Crippen molar-refractivity contribution in [3.8, 4) is 0 Å². The van der Waals surface area contributed by atoms with Crippen molar-refractivity contribution in [1.82, 2.24) is 5.32 Å². The van der Waals surface area contributed by atoms with Crippen LogP contribution in [-0.2, 0) is 4.79 Å². The Bertz CT molecular complexity index is 261. The Hall–Kier alpha value is -1.59. The zero-order valence-corrected chi connectivity index (χ0v) is 9.17. The van der Waals surface area contributed by atoms with E-state index in [1.807, 2.05) is 13.8 Å². The van der Waals surface area contributed by atoms with Gasteiger partial charge in [-0.3, -0.25) is 4.79 Å². The Morgan fingerprint density at radius 1 is 1.67 bits per heavy atom. The van der Waals surface area contributed by atoms with Gasteiger partial charge in [0.05, 0.1) is 6.54 Å². The monoisotopic (exact) mass is 215 g/mol. The molecule has 0 aliphatic heterocycles. The highest BCUT2D eigenvalue weighted by molar-refractivity contribution is 5.87. The number of nitrogens with one attached hydrogen (secondary N) is 1. The number of nitrogens with zero attached hydrogens (tertiary/aromatic N) is 2. The second-order valence-corrected chi connectivity index (χ2v) is 3.45. The smallest absolute Gasteiger partial charge is 0.243 e. The maximum Gasteiger partial charge on any atom is 0.243 e. The second kappa shape index (κ2) is 6.80. The highest BCUT2D eigenvalue weighted by Gasteiger charge is 2.23. The van der Waals surface area contributed by atoms with Crippen LogP contribution in [0.2, 0.25) is 0 Å². The largest absolute Gasteiger partial charge is 0.597 e. The minimum atomic E-state index is -0.566. The fourth-order valence-electron chi connectivity index (χ4n) is 1.05. The third kappa shape index (κ3) is 4.99. The predicted octanol–water partition coefficient (Wildman–Crippen LogP) is 1.05. The lowest BCUT2D eigenvalue weighted by atomic mass is 10.1. The first-order valence-corrected chi connectivity index (χ1v) is 4.74. The van der Waals surface area contributed by atoms with Crippen LogP contribution in [0, 0.1) is 11.1 Å². The van der Waals surface area contributed by atoms with Crippen molar-refractivity contribution >= 4 is 5.91 Å². The molecule has 0 spiro atoms. The summed E-state index contributed by atoms with van der Waals surface area (Å²) >= 11 is 0. The van der Waals surface area contributed by atoms with E-state index in [9.17, 15) is 10.0 Å². The summed E-state index contributed by atoms with van der Waals surface area (Å²) in [4.78, 5) is 11.3. The van der Waals surface area contributed by atoms with Gasteiger partial charge >= 0.3 is 0 Å². The molecule has 1 atom stereocenters. The lowest BCUT2D eigenvalue weighted by molar-refractivity contribution is -0.596. The van der Waals surface area contributed by atoms with Crippen molar-refractivity contribution in [2.45, 2.75) is 26.8 Å². The SMILES string of the molecule is C/C=C/C(=O)NC[C@@H](C(C)C)[N+]([O-])=NO. The molecule has 0 rings (SSSR count). The second-order valence-electron chi connectivity index (χ2n) is 3.45. The average Bonchev–Trinajstić information content (AvgIpc) is 2.17. The van der Waals surface area contributed by atoms with E-state index in [0.29, 0.717) is 0 Å². The van der Waals surface area contributed by atoms with Gasteiger partial charge in [0.15, 0.2) is 5.28 Å². The van der Waals surface area contributed by atoms with E-state index in [2.05, 4.69) is 10.6 Å². The molecule has 0 aromatic rings. The number of amides is 1. The summed E-state index contributed by atoms with van der Waals surface area (Å²) in [7, 11) is 0. The first-order chi connectivity index (χ1) is 7.02. The fraction of sp³-hybridized carbons (Fsp3) is 0.667. The van der Waals surface area contributed by atoms with Gasteiger partial charge in [0.2, 0.25) is 11.9 Å². The van der Waals surface area contributed by atoms with E-state index >= 15 is 0 Å². The van der Waals surface area contributed by atoms with Crippen LogP contribution in [0.5, 0.6) is 0 Å². The number of hydroxylamine groups is 1. The van der Waals surface area contributed by atoms with Crippen molar-refractivity contribution in [1.29, 1.82) is 0 Å². The van der Waals surface area contributed by atoms with E-state index in [-0.39, 0.29) is 23.2 Å². The highest BCUT2D eigenvalue weighted by Crippen LogP contribution is 2.04. The van der Waals surface area contributed by atoms with Crippen LogP contribution in [0.25, 0.3) is 0 Å². The minimum absolute atomic E-state index is 0.0238. The molecule has 6 nitrogen and oxygen atoms in total. The van der Waals surface area contributed by atoms with Gasteiger partial charge in [0.25, 0.3) is 0 Å². The third-order valence-corrected chi connectivity index (χ3v) is 1.94. The van der Waals surface area contributed by atoms with E-state index in [0.717, 1.165) is 0 Å². The van der Waals surface area contributed by atoms with Gasteiger partial charge in [-0.25, -0.2) is 0 Å². The van der Waals surface area contributed by atoms with Gasteiger partial charge < -0.3 is 15.7 Å². The van der Waals surface area contributed by atoms with Crippen LogP contribution in [0.3, 0.4) is 0 Å². The molecule has 0 saturated carbocycles. The number of allylic oxidation sites excluding steroid dienone is 1. The molecule has 1 amide bonds. The first kappa shape index (κ1) is 13.4. The Labute approximate surface area is 88.8 Å². The highest BCUT2D eigenvalue weighted by atomic mass is 16.6. The zero-order valence-electron chi connectivity index (χ0n) is 9.17. The molecular weight excluding hydrogens is 198 g/mol. The summed E-state index contributed by atoms with van der Waals surface area (Å²) in [5, 5.41) is 24.5. The predicted molar refractivity (Wildman–Crippen MR) is 54.3 cm³/mol. The molecule has 0 heterocycles. The molecule has 6 heteroatoms. The number of carbonyl (C=O) groups excluding carboxylic acids is 1. The molecule has 86 valence electrons. The molecule has 0 fully saturated rings. The van der Waals surface area contributed by atoms with Crippen LogP contribution in [0.1, 0.15) is 20.8 Å². The summed E-state index contributed by atoms with van der Waals surface area (Å²) in [5.41, 5.74) is 0. The van der Waals surface area contributed by atoms with Crippen molar-refractivity contribution < 1.29 is 14.9 Å². The number of rotatable bonds is 5. The van der Waals surface area contributed by atoms with Gasteiger partial charge in [-0.15, -0.1) is 0 Å². The number of carbonyl (C=O) groups is 1. The van der Waals surface area contributed by atoms with Crippen molar-refractivity contribution in [2.75, 3.05) is 6.54 Å². The quantitative estimate of drug-likeness (QED) is 0.311. The van der Waals surface area contributed by atoms with Crippen LogP contribution in [0.4, 0.5) is 0 Å². The number of hydrogen-bond acceptors (Lipinski definition) is 3. The summed E-state index contributed by atoms with van der Waals surface area (Å²) in [6.45, 7) is 5.49. The number of hydrogen-bond donors (Lipinski definition) is 2. The summed E-state index contributed by atoms with van der Waals surface area (Å²) in [6.07, 6.45) is 2.97. The van der Waals surface area contributed by atoms with Gasteiger partial charge in [0, 0.05) is 5.92 Å². The van der Waals surface area contributed by atoms with E-state index in [1.54, 1.807) is 13.0 Å². The normalized spacial score (nSPS) is 14.5. The zero-order chi connectivity index (χ0) is 11.8. The van der Waals surface area contributed by atoms with Gasteiger partial charge in [-0.1, -0.05) is 24.8 Å². The molecule has 0 radical (unpaired) electrons. The molecule has 0 aromatic heterocycles. The van der Waals surface area contributed by atoms with Gasteiger partial charge in [-0.2, -0.15) is 0 Å². The van der Waals surface area contributed by atoms with Gasteiger partial charge in [-0.05, 0) is 13.0 Å². The van der Waals surface area contributed by atoms with Crippen molar-refractivity contribution in [3.63, 3.8) is 0 Å². The molecule has 0 aliphatic rings. The van der Waals surface area contributed by atoms with E-state index < -0.39 is 6.04 Å². The average molecular weight is 215 g/mol. The van der Waals surface area contributed by atoms with Crippen molar-refractivity contribution in [3.05, 3.63) is 17.4 Å². The summed E-state index contributed by atoms with van der Waals surface area (Å²) in [6, 6.07) is -0.566. The van der Waals surface area contributed by atoms with Crippen LogP contribution in [0.15, 0.2) is 17.4 Å². The molecule has 0 unspecified atom stereocenters. The minimum Gasteiger partial charge on any atom is -0.597 e. The topological polar surface area (TPSA) is 87.8 Å². The molecule has 0 aliphatic carbocycles. The Kier molecular flexibility index (Phi) is 6.08. The van der Waals surface area contributed by atoms with E-state index in [4.69, 9.17) is 5.21 Å². The summed E-state index contributed by atoms with van der Waals surface area (Å²) in [5.74, 6) is -0.293. The molecule has 0 bridgehead atoms. The maximum absolute atomic E-state index is 11.1. The Balaban J connectivity index is 4.26. The van der Waals surface area contributed by atoms with Gasteiger partial charge in [0.1, 0.15) is 0 Å². The van der Waals surface area contributed by atoms with Crippen LogP contribution < -0.4 is 5.32 Å². The lowest BCUT2D eigenvalue weighted by Gasteiger charge is -2.16. The summed E-state index contributed by atoms with van der Waals surface area (Å²) < 4.78 is 0. The molecule has 0 saturated heterocycles. The lowest BCUT2D eigenvalue weighted by Crippen LogP contribution is -2.39. The first-order valence-electron chi connectivity index (χ1n) is 4.74. The molecular formula is C9H17N3O3. The van der Waals surface area contributed by atoms with Crippen molar-refractivity contribution in [2.24, 2.45) is 11.2 Å². The fourth-order valence-corrected chi connectivity index (χ4v) is 1.05. The molecule has 15 heavy (non-hydrogen) atoms. The molecule has 2 N–H and O–H groups in total. The third-order valence-electron chi connectivity index (χ3n) is 1.94. The maximum atomic E-state index is 11.1. The Morgan fingerprint density at radius 3 is 2.67 bits per heavy atom. The van der Waals surface area contributed by atoms with E-state index in [1.165, 1.54) is 6.08 Å². The standard InChI is InChI=1S/C9H17N3O3/c1-4-5-9(13)10-6-8(7(2)3)12(15)11-14/h4-5,7-8,14H,6H2,1-3H3,(H,10,13)/b5-4+,12-11?/t8-/m0/s1. The Morgan fingerprint density at radius 2 is 2.27 bits per heavy atom. The molecule has 0 aromatic carbocycles. The van der Waals surface area contributed by atoms with Crippen LogP contribution >= 0.6 is 0 Å².